The van der Waals surface area contributed by atoms with Crippen LogP contribution in [0.25, 0.3) is 0 Å². The van der Waals surface area contributed by atoms with Crippen LogP contribution >= 0.6 is 0 Å². The highest BCUT2D eigenvalue weighted by molar-refractivity contribution is 4.95. The SMILES string of the molecule is COC(C)C(C)(CN)N1CCC(CN2CCCC2)CC1. The van der Waals surface area contributed by atoms with Crippen LogP contribution in [0.4, 0.5) is 0 Å². The third-order valence-corrected chi connectivity index (χ3v) is 5.69. The van der Waals surface area contributed by atoms with E-state index in [0.29, 0.717) is 6.54 Å². The molecule has 4 heteroatoms. The first-order valence-electron chi connectivity index (χ1n) is 8.30. The molecular weight excluding hydrogens is 250 g/mol. The number of nitrogens with two attached hydrogens (primary N) is 1. The predicted molar refractivity (Wildman–Crippen MR) is 83.9 cm³/mol. The van der Waals surface area contributed by atoms with Crippen molar-refractivity contribution >= 4 is 0 Å². The Kier molecular flexibility index (Phi) is 5.84. The van der Waals surface area contributed by atoms with Crippen LogP contribution in [0.15, 0.2) is 0 Å². The molecule has 4 nitrogen and oxygen atoms in total. The van der Waals surface area contributed by atoms with Gasteiger partial charge < -0.3 is 15.4 Å². The molecule has 2 heterocycles. The number of hydrogen-bond donors (Lipinski definition) is 1. The summed E-state index contributed by atoms with van der Waals surface area (Å²) in [4.78, 5) is 5.21. The molecule has 0 radical (unpaired) electrons. The van der Waals surface area contributed by atoms with Crippen molar-refractivity contribution in [2.45, 2.75) is 51.2 Å². The van der Waals surface area contributed by atoms with Crippen molar-refractivity contribution in [3.8, 4) is 0 Å². The molecule has 0 bridgehead atoms. The van der Waals surface area contributed by atoms with Gasteiger partial charge in [0.2, 0.25) is 0 Å². The number of hydrogen-bond acceptors (Lipinski definition) is 4. The average Bonchev–Trinajstić information content (AvgIpc) is 2.99. The van der Waals surface area contributed by atoms with Crippen molar-refractivity contribution < 1.29 is 4.74 Å². The molecule has 0 aromatic carbocycles. The lowest BCUT2D eigenvalue weighted by Crippen LogP contribution is -2.61. The number of likely N-dealkylation sites (tertiary alicyclic amines) is 2. The molecule has 2 aliphatic rings. The molecule has 2 unspecified atom stereocenters. The Morgan fingerprint density at radius 1 is 1.20 bits per heavy atom. The minimum atomic E-state index is -0.0205. The van der Waals surface area contributed by atoms with Gasteiger partial charge in [-0.1, -0.05) is 0 Å². The molecule has 0 spiro atoms. The molecular formula is C16H33N3O. The van der Waals surface area contributed by atoms with Gasteiger partial charge in [0.1, 0.15) is 0 Å². The summed E-state index contributed by atoms with van der Waals surface area (Å²) in [6.45, 7) is 11.3. The van der Waals surface area contributed by atoms with Crippen LogP contribution in [-0.4, -0.2) is 67.8 Å². The normalized spacial score (nSPS) is 27.6. The summed E-state index contributed by atoms with van der Waals surface area (Å²) >= 11 is 0. The minimum Gasteiger partial charge on any atom is -0.380 e. The third-order valence-electron chi connectivity index (χ3n) is 5.69. The van der Waals surface area contributed by atoms with Crippen LogP contribution in [-0.2, 0) is 4.74 Å². The molecule has 2 atom stereocenters. The zero-order valence-electron chi connectivity index (χ0n) is 13.6. The topological polar surface area (TPSA) is 41.7 Å². The smallest absolute Gasteiger partial charge is 0.0736 e. The quantitative estimate of drug-likeness (QED) is 0.803. The van der Waals surface area contributed by atoms with Gasteiger partial charge in [-0.05, 0) is 71.6 Å². The zero-order valence-corrected chi connectivity index (χ0v) is 13.6. The largest absolute Gasteiger partial charge is 0.380 e. The third kappa shape index (κ3) is 3.53. The summed E-state index contributed by atoms with van der Waals surface area (Å²) in [5.74, 6) is 0.879. The Morgan fingerprint density at radius 3 is 2.30 bits per heavy atom. The lowest BCUT2D eigenvalue weighted by molar-refractivity contribution is -0.0456. The maximum atomic E-state index is 6.05. The first-order valence-corrected chi connectivity index (χ1v) is 8.30. The van der Waals surface area contributed by atoms with Crippen molar-refractivity contribution in [3.05, 3.63) is 0 Å². The first-order chi connectivity index (χ1) is 9.60. The van der Waals surface area contributed by atoms with Gasteiger partial charge in [-0.25, -0.2) is 0 Å². The van der Waals surface area contributed by atoms with Gasteiger partial charge in [0.25, 0.3) is 0 Å². The van der Waals surface area contributed by atoms with Gasteiger partial charge in [0.15, 0.2) is 0 Å². The lowest BCUT2D eigenvalue weighted by atomic mass is 9.88. The van der Waals surface area contributed by atoms with Gasteiger partial charge in [0.05, 0.1) is 11.6 Å². The highest BCUT2D eigenvalue weighted by Gasteiger charge is 2.38. The Bertz CT molecular complexity index is 285. The molecule has 118 valence electrons. The van der Waals surface area contributed by atoms with E-state index in [1.807, 2.05) is 0 Å². The van der Waals surface area contributed by atoms with Crippen LogP contribution in [0.1, 0.15) is 39.5 Å². The van der Waals surface area contributed by atoms with Crippen molar-refractivity contribution in [2.24, 2.45) is 11.7 Å². The molecule has 2 rings (SSSR count). The molecule has 2 saturated heterocycles. The zero-order chi connectivity index (χ0) is 14.6. The van der Waals surface area contributed by atoms with E-state index in [-0.39, 0.29) is 11.6 Å². The highest BCUT2D eigenvalue weighted by atomic mass is 16.5. The van der Waals surface area contributed by atoms with Gasteiger partial charge in [-0.2, -0.15) is 0 Å². The number of ether oxygens (including phenoxy) is 1. The van der Waals surface area contributed by atoms with E-state index in [1.54, 1.807) is 7.11 Å². The Hall–Kier alpha value is -0.160. The highest BCUT2D eigenvalue weighted by Crippen LogP contribution is 2.28. The Labute approximate surface area is 124 Å². The summed E-state index contributed by atoms with van der Waals surface area (Å²) in [6, 6.07) is 0. The number of piperidine rings is 1. The van der Waals surface area contributed by atoms with Crippen LogP contribution in [0.5, 0.6) is 0 Å². The van der Waals surface area contributed by atoms with Crippen molar-refractivity contribution in [3.63, 3.8) is 0 Å². The van der Waals surface area contributed by atoms with Crippen molar-refractivity contribution in [2.75, 3.05) is 46.4 Å². The van der Waals surface area contributed by atoms with Crippen molar-refractivity contribution in [1.82, 2.24) is 9.80 Å². The summed E-state index contributed by atoms with van der Waals surface area (Å²) in [5.41, 5.74) is 6.03. The first kappa shape index (κ1) is 16.2. The van der Waals surface area contributed by atoms with Crippen LogP contribution in [0.2, 0.25) is 0 Å². The molecule has 0 aromatic heterocycles. The summed E-state index contributed by atoms with van der Waals surface area (Å²) in [6.07, 6.45) is 5.60. The monoisotopic (exact) mass is 283 g/mol. The van der Waals surface area contributed by atoms with Crippen molar-refractivity contribution in [1.29, 1.82) is 0 Å². The second kappa shape index (κ2) is 7.21. The predicted octanol–water partition coefficient (Wildman–Crippen LogP) is 1.55. The van der Waals surface area contributed by atoms with Crippen LogP contribution < -0.4 is 5.73 Å². The number of methoxy groups -OCH3 is 1. The van der Waals surface area contributed by atoms with E-state index in [9.17, 15) is 0 Å². The molecule has 20 heavy (non-hydrogen) atoms. The second-order valence-corrected chi connectivity index (χ2v) is 6.88. The fourth-order valence-corrected chi connectivity index (χ4v) is 3.76. The van der Waals surface area contributed by atoms with E-state index >= 15 is 0 Å². The molecule has 2 aliphatic heterocycles. The Balaban J connectivity index is 1.83. The average molecular weight is 283 g/mol. The molecule has 0 amide bonds. The number of nitrogens with zero attached hydrogens (tertiary/aromatic N) is 2. The molecule has 2 fully saturated rings. The van der Waals surface area contributed by atoms with Gasteiger partial charge >= 0.3 is 0 Å². The summed E-state index contributed by atoms with van der Waals surface area (Å²) < 4.78 is 5.56. The maximum Gasteiger partial charge on any atom is 0.0736 e. The Morgan fingerprint density at radius 2 is 1.80 bits per heavy atom. The second-order valence-electron chi connectivity index (χ2n) is 6.88. The van der Waals surface area contributed by atoms with E-state index in [1.165, 1.54) is 58.4 Å². The molecule has 0 aromatic rings. The molecule has 2 N–H and O–H groups in total. The minimum absolute atomic E-state index is 0.0205. The van der Waals surface area contributed by atoms with E-state index in [4.69, 9.17) is 10.5 Å². The standard InChI is InChI=1S/C16H33N3O/c1-14(20-3)16(2,13-17)19-10-6-15(7-11-19)12-18-8-4-5-9-18/h14-15H,4-13,17H2,1-3H3. The molecule has 0 aliphatic carbocycles. The molecule has 0 saturated carbocycles. The van der Waals surface area contributed by atoms with E-state index in [2.05, 4.69) is 23.6 Å². The lowest BCUT2D eigenvalue weighted by Gasteiger charge is -2.47. The summed E-state index contributed by atoms with van der Waals surface area (Å²) in [5, 5.41) is 0. The van der Waals surface area contributed by atoms with Gasteiger partial charge in [-0.15, -0.1) is 0 Å². The van der Waals surface area contributed by atoms with Crippen LogP contribution in [0, 0.1) is 5.92 Å². The van der Waals surface area contributed by atoms with Gasteiger partial charge in [-0.3, -0.25) is 4.90 Å². The summed E-state index contributed by atoms with van der Waals surface area (Å²) in [7, 11) is 1.79. The fourth-order valence-electron chi connectivity index (χ4n) is 3.76. The number of rotatable bonds is 6. The maximum absolute atomic E-state index is 6.05. The van der Waals surface area contributed by atoms with Crippen LogP contribution in [0.3, 0.4) is 0 Å². The fraction of sp³-hybridized carbons (Fsp3) is 1.00. The van der Waals surface area contributed by atoms with Gasteiger partial charge in [0, 0.05) is 20.2 Å². The van der Waals surface area contributed by atoms with E-state index in [0.717, 1.165) is 5.92 Å². The van der Waals surface area contributed by atoms with E-state index < -0.39 is 0 Å².